The second-order valence-electron chi connectivity index (χ2n) is 4.12. The number of aliphatic hydroxyl groups excluding tert-OH is 1. The van der Waals surface area contributed by atoms with Crippen molar-refractivity contribution in [1.82, 2.24) is 0 Å². The van der Waals surface area contributed by atoms with Gasteiger partial charge in [0.1, 0.15) is 6.07 Å². The summed E-state index contributed by atoms with van der Waals surface area (Å²) in [6, 6.07) is 15.3. The predicted octanol–water partition coefficient (Wildman–Crippen LogP) is 3.58. The van der Waals surface area contributed by atoms with Gasteiger partial charge < -0.3 is 10.0 Å². The van der Waals surface area contributed by atoms with E-state index in [-0.39, 0.29) is 6.61 Å². The van der Waals surface area contributed by atoms with E-state index in [2.05, 4.69) is 22.0 Å². The molecule has 2 rings (SSSR count). The minimum Gasteiger partial charge on any atom is -0.392 e. The highest BCUT2D eigenvalue weighted by Crippen LogP contribution is 2.31. The van der Waals surface area contributed by atoms with Crippen LogP contribution in [-0.2, 0) is 6.61 Å². The van der Waals surface area contributed by atoms with Crippen LogP contribution in [0.2, 0.25) is 0 Å². The summed E-state index contributed by atoms with van der Waals surface area (Å²) in [5, 5.41) is 18.6. The van der Waals surface area contributed by atoms with Crippen molar-refractivity contribution >= 4 is 27.3 Å². The third-order valence-electron chi connectivity index (χ3n) is 2.96. The molecule has 2 aromatic carbocycles. The lowest BCUT2D eigenvalue weighted by atomic mass is 10.1. The van der Waals surface area contributed by atoms with Gasteiger partial charge in [0.15, 0.2) is 0 Å². The van der Waals surface area contributed by atoms with Gasteiger partial charge >= 0.3 is 0 Å². The Morgan fingerprint density at radius 1 is 1.21 bits per heavy atom. The van der Waals surface area contributed by atoms with Crippen LogP contribution in [-0.4, -0.2) is 12.2 Å². The van der Waals surface area contributed by atoms with E-state index in [9.17, 15) is 5.11 Å². The highest BCUT2D eigenvalue weighted by atomic mass is 79.9. The monoisotopic (exact) mass is 316 g/mol. The first-order valence-corrected chi connectivity index (χ1v) is 6.59. The molecule has 19 heavy (non-hydrogen) atoms. The van der Waals surface area contributed by atoms with Gasteiger partial charge in [0.2, 0.25) is 0 Å². The summed E-state index contributed by atoms with van der Waals surface area (Å²) in [6.07, 6.45) is 0. The van der Waals surface area contributed by atoms with Crippen LogP contribution in [0.1, 0.15) is 11.1 Å². The summed E-state index contributed by atoms with van der Waals surface area (Å²) in [5.74, 6) is 0. The molecule has 3 nitrogen and oxygen atoms in total. The van der Waals surface area contributed by atoms with Crippen LogP contribution >= 0.6 is 15.9 Å². The molecule has 0 atom stereocenters. The molecule has 0 amide bonds. The average Bonchev–Trinajstić information content (AvgIpc) is 2.46. The van der Waals surface area contributed by atoms with E-state index in [4.69, 9.17) is 5.26 Å². The third kappa shape index (κ3) is 2.78. The Bertz CT molecular complexity index is 634. The van der Waals surface area contributed by atoms with Gasteiger partial charge in [-0.2, -0.15) is 5.26 Å². The van der Waals surface area contributed by atoms with Crippen LogP contribution in [0, 0.1) is 11.3 Å². The van der Waals surface area contributed by atoms with E-state index >= 15 is 0 Å². The molecule has 0 aromatic heterocycles. The van der Waals surface area contributed by atoms with E-state index in [0.717, 1.165) is 21.4 Å². The zero-order valence-electron chi connectivity index (χ0n) is 10.5. The number of nitrogens with zero attached hydrogens (tertiary/aromatic N) is 2. The topological polar surface area (TPSA) is 47.3 Å². The van der Waals surface area contributed by atoms with Gasteiger partial charge in [-0.05, 0) is 24.3 Å². The number of hydrogen-bond donors (Lipinski definition) is 1. The molecule has 0 aliphatic heterocycles. The second kappa shape index (κ2) is 5.87. The molecule has 0 saturated carbocycles. The van der Waals surface area contributed by atoms with Crippen molar-refractivity contribution in [3.8, 4) is 6.07 Å². The Kier molecular flexibility index (Phi) is 4.20. The van der Waals surface area contributed by atoms with Crippen molar-refractivity contribution in [1.29, 1.82) is 5.26 Å². The van der Waals surface area contributed by atoms with Crippen molar-refractivity contribution < 1.29 is 5.11 Å². The average molecular weight is 317 g/mol. The molecular formula is C15H13BrN2O. The van der Waals surface area contributed by atoms with E-state index < -0.39 is 0 Å². The van der Waals surface area contributed by atoms with E-state index in [1.54, 1.807) is 6.07 Å². The predicted molar refractivity (Wildman–Crippen MR) is 79.3 cm³/mol. The van der Waals surface area contributed by atoms with Crippen LogP contribution < -0.4 is 4.90 Å². The minimum atomic E-state index is -0.0400. The summed E-state index contributed by atoms with van der Waals surface area (Å²) in [7, 11) is 1.89. The maximum absolute atomic E-state index is 9.42. The van der Waals surface area contributed by atoms with Gasteiger partial charge in [-0.25, -0.2) is 0 Å². The number of para-hydroxylation sites is 1. The Morgan fingerprint density at radius 3 is 2.63 bits per heavy atom. The lowest BCUT2D eigenvalue weighted by molar-refractivity contribution is 0.282. The van der Waals surface area contributed by atoms with Gasteiger partial charge in [0.05, 0.1) is 17.9 Å². The van der Waals surface area contributed by atoms with Crippen LogP contribution in [0.25, 0.3) is 0 Å². The van der Waals surface area contributed by atoms with Gasteiger partial charge in [-0.15, -0.1) is 0 Å². The number of benzene rings is 2. The van der Waals surface area contributed by atoms with E-state index in [1.165, 1.54) is 0 Å². The van der Waals surface area contributed by atoms with Gasteiger partial charge in [0.25, 0.3) is 0 Å². The quantitative estimate of drug-likeness (QED) is 0.941. The fourth-order valence-corrected chi connectivity index (χ4v) is 2.32. The highest BCUT2D eigenvalue weighted by Gasteiger charge is 2.12. The molecule has 96 valence electrons. The van der Waals surface area contributed by atoms with Crippen molar-refractivity contribution in [2.24, 2.45) is 0 Å². The molecule has 0 heterocycles. The van der Waals surface area contributed by atoms with E-state index in [1.807, 2.05) is 48.3 Å². The lowest BCUT2D eigenvalue weighted by Crippen LogP contribution is -2.13. The largest absolute Gasteiger partial charge is 0.392 e. The highest BCUT2D eigenvalue weighted by molar-refractivity contribution is 9.10. The fraction of sp³-hybridized carbons (Fsp3) is 0.133. The SMILES string of the molecule is CN(c1ccccc1C#N)c1cc(Br)ccc1CO. The zero-order valence-corrected chi connectivity index (χ0v) is 12.1. The van der Waals surface area contributed by atoms with Crippen molar-refractivity contribution in [3.63, 3.8) is 0 Å². The van der Waals surface area contributed by atoms with Crippen molar-refractivity contribution in [2.45, 2.75) is 6.61 Å². The van der Waals surface area contributed by atoms with Gasteiger partial charge in [-0.3, -0.25) is 0 Å². The minimum absolute atomic E-state index is 0.0400. The summed E-state index contributed by atoms with van der Waals surface area (Å²) >= 11 is 3.43. The van der Waals surface area contributed by atoms with Gasteiger partial charge in [0, 0.05) is 22.8 Å². The maximum atomic E-state index is 9.42. The molecule has 1 N–H and O–H groups in total. The first kappa shape index (κ1) is 13.6. The summed E-state index contributed by atoms with van der Waals surface area (Å²) in [4.78, 5) is 1.91. The maximum Gasteiger partial charge on any atom is 0.101 e. The molecule has 0 radical (unpaired) electrons. The third-order valence-corrected chi connectivity index (χ3v) is 3.46. The second-order valence-corrected chi connectivity index (χ2v) is 5.03. The lowest BCUT2D eigenvalue weighted by Gasteiger charge is -2.23. The standard InChI is InChI=1S/C15H13BrN2O/c1-18(14-5-3-2-4-11(14)9-17)15-8-13(16)7-6-12(15)10-19/h2-8,19H,10H2,1H3. The number of aliphatic hydroxyl groups is 1. The Balaban J connectivity index is 2.53. The molecule has 0 unspecified atom stereocenters. The molecule has 0 fully saturated rings. The molecular weight excluding hydrogens is 304 g/mol. The summed E-state index contributed by atoms with van der Waals surface area (Å²) in [5.41, 5.74) is 3.12. The molecule has 0 aliphatic carbocycles. The molecule has 2 aromatic rings. The molecule has 0 aliphatic rings. The molecule has 0 bridgehead atoms. The Morgan fingerprint density at radius 2 is 1.95 bits per heavy atom. The zero-order chi connectivity index (χ0) is 13.8. The first-order chi connectivity index (χ1) is 9.17. The van der Waals surface area contributed by atoms with Crippen molar-refractivity contribution in [2.75, 3.05) is 11.9 Å². The summed E-state index contributed by atoms with van der Waals surface area (Å²) in [6.45, 7) is -0.0400. The van der Waals surface area contributed by atoms with Crippen LogP contribution in [0.15, 0.2) is 46.9 Å². The number of nitriles is 1. The van der Waals surface area contributed by atoms with Crippen molar-refractivity contribution in [3.05, 3.63) is 58.1 Å². The first-order valence-electron chi connectivity index (χ1n) is 5.79. The van der Waals surface area contributed by atoms with Crippen LogP contribution in [0.4, 0.5) is 11.4 Å². The van der Waals surface area contributed by atoms with Crippen LogP contribution in [0.5, 0.6) is 0 Å². The number of rotatable bonds is 3. The number of hydrogen-bond acceptors (Lipinski definition) is 3. The van der Waals surface area contributed by atoms with E-state index in [0.29, 0.717) is 5.56 Å². The number of halogens is 1. The smallest absolute Gasteiger partial charge is 0.101 e. The molecule has 4 heteroatoms. The molecule has 0 spiro atoms. The Labute approximate surface area is 120 Å². The van der Waals surface area contributed by atoms with Gasteiger partial charge in [-0.1, -0.05) is 34.1 Å². The van der Waals surface area contributed by atoms with Crippen LogP contribution in [0.3, 0.4) is 0 Å². The molecule has 0 saturated heterocycles. The number of anilines is 2. The Hall–Kier alpha value is -1.83. The normalized spacial score (nSPS) is 10.0. The summed E-state index contributed by atoms with van der Waals surface area (Å²) < 4.78 is 0.931. The fourth-order valence-electron chi connectivity index (χ4n) is 1.97.